The first-order valence-corrected chi connectivity index (χ1v) is 11.0. The Labute approximate surface area is 185 Å². The molecule has 1 atom stereocenters. The lowest BCUT2D eigenvalue weighted by Crippen LogP contribution is -2.38. The second-order valence-electron chi connectivity index (χ2n) is 7.83. The van der Waals surface area contributed by atoms with Gasteiger partial charge in [-0.3, -0.25) is 4.79 Å². The zero-order valence-corrected chi connectivity index (χ0v) is 19.4. The van der Waals surface area contributed by atoms with Gasteiger partial charge in [-0.05, 0) is 56.9 Å². The SMILES string of the molecule is CCc1ccc(N(CCCl)CCCl)cc1C[C@@H](CC(=O)OC(C)(C)C)N[B]C=O. The lowest BCUT2D eigenvalue weighted by Gasteiger charge is -2.26. The van der Waals surface area contributed by atoms with Crippen LogP contribution in [0.15, 0.2) is 18.2 Å². The van der Waals surface area contributed by atoms with Crippen LogP contribution in [-0.2, 0) is 27.2 Å². The summed E-state index contributed by atoms with van der Waals surface area (Å²) in [5.41, 5.74) is 2.83. The first kappa shape index (κ1) is 25.8. The number of nitrogens with one attached hydrogen (secondary N) is 1. The van der Waals surface area contributed by atoms with Crippen LogP contribution in [0.3, 0.4) is 0 Å². The molecule has 0 amide bonds. The Hall–Kier alpha value is -1.24. The molecule has 5 nitrogen and oxygen atoms in total. The molecule has 0 aromatic heterocycles. The standard InChI is InChI=1S/C21H32BCl2N2O3/c1-5-16-6-7-19(26(10-8-23)11-9-24)13-17(16)12-18(25-22-15-27)14-20(28)29-21(2,3)4/h6-7,13,15,18,25H,5,8-12,14H2,1-4H3/t18-/m0/s1. The Kier molecular flexibility index (Phi) is 11.7. The van der Waals surface area contributed by atoms with E-state index in [0.29, 0.717) is 37.5 Å². The maximum atomic E-state index is 12.3. The van der Waals surface area contributed by atoms with E-state index in [1.54, 1.807) is 0 Å². The number of ether oxygens (including phenoxy) is 1. The number of esters is 1. The van der Waals surface area contributed by atoms with Gasteiger partial charge in [0.2, 0.25) is 0 Å². The first-order chi connectivity index (χ1) is 13.7. The van der Waals surface area contributed by atoms with E-state index in [4.69, 9.17) is 27.9 Å². The van der Waals surface area contributed by atoms with Gasteiger partial charge in [-0.15, -0.1) is 23.2 Å². The lowest BCUT2D eigenvalue weighted by atomic mass is 9.90. The molecular weight excluding hydrogens is 410 g/mol. The molecule has 0 heterocycles. The van der Waals surface area contributed by atoms with Crippen molar-refractivity contribution in [3.63, 3.8) is 0 Å². The normalized spacial score (nSPS) is 12.3. The predicted molar refractivity (Wildman–Crippen MR) is 123 cm³/mol. The summed E-state index contributed by atoms with van der Waals surface area (Å²) < 4.78 is 5.45. The second kappa shape index (κ2) is 13.1. The number of hydrogen-bond acceptors (Lipinski definition) is 5. The van der Waals surface area contributed by atoms with Gasteiger partial charge in [-0.25, -0.2) is 0 Å². The van der Waals surface area contributed by atoms with Gasteiger partial charge < -0.3 is 19.7 Å². The summed E-state index contributed by atoms with van der Waals surface area (Å²) in [6.45, 7) is 9.03. The maximum absolute atomic E-state index is 12.3. The predicted octanol–water partition coefficient (Wildman–Crippen LogP) is 3.57. The molecule has 0 spiro atoms. The number of anilines is 1. The average molecular weight is 442 g/mol. The third-order valence-corrected chi connectivity index (χ3v) is 4.68. The van der Waals surface area contributed by atoms with E-state index in [9.17, 15) is 9.59 Å². The van der Waals surface area contributed by atoms with Crippen molar-refractivity contribution >= 4 is 48.5 Å². The molecule has 0 saturated carbocycles. The van der Waals surface area contributed by atoms with E-state index in [-0.39, 0.29) is 18.4 Å². The van der Waals surface area contributed by atoms with Crippen LogP contribution in [0.25, 0.3) is 0 Å². The van der Waals surface area contributed by atoms with Gasteiger partial charge in [0.05, 0.1) is 12.6 Å². The monoisotopic (exact) mass is 441 g/mol. The molecule has 161 valence electrons. The molecule has 0 aliphatic heterocycles. The first-order valence-electron chi connectivity index (χ1n) is 9.97. The average Bonchev–Trinajstić information content (AvgIpc) is 2.64. The van der Waals surface area contributed by atoms with Gasteiger partial charge in [0.25, 0.3) is 7.41 Å². The number of alkyl halides is 2. The lowest BCUT2D eigenvalue weighted by molar-refractivity contribution is -0.155. The summed E-state index contributed by atoms with van der Waals surface area (Å²) in [5, 5.41) is 3.04. The molecule has 8 heteroatoms. The van der Waals surface area contributed by atoms with Crippen LogP contribution in [0.1, 0.15) is 45.2 Å². The summed E-state index contributed by atoms with van der Waals surface area (Å²) in [4.78, 5) is 25.3. The largest absolute Gasteiger partial charge is 0.460 e. The van der Waals surface area contributed by atoms with E-state index < -0.39 is 5.60 Å². The van der Waals surface area contributed by atoms with Crippen molar-refractivity contribution in [2.45, 2.75) is 58.6 Å². The summed E-state index contributed by atoms with van der Waals surface area (Å²) in [7, 11) is 1.33. The van der Waals surface area contributed by atoms with Gasteiger partial charge in [0.1, 0.15) is 5.60 Å². The van der Waals surface area contributed by atoms with Crippen molar-refractivity contribution in [3.05, 3.63) is 29.3 Å². The Morgan fingerprint density at radius 3 is 2.41 bits per heavy atom. The van der Waals surface area contributed by atoms with Crippen molar-refractivity contribution in [2.75, 3.05) is 29.7 Å². The highest BCUT2D eigenvalue weighted by Gasteiger charge is 2.21. The summed E-state index contributed by atoms with van der Waals surface area (Å²) in [5.74, 6) is 0.729. The minimum atomic E-state index is -0.547. The molecule has 1 N–H and O–H groups in total. The summed E-state index contributed by atoms with van der Waals surface area (Å²) >= 11 is 11.9. The van der Waals surface area contributed by atoms with Crippen LogP contribution in [0, 0.1) is 0 Å². The molecule has 1 aromatic rings. The highest BCUT2D eigenvalue weighted by molar-refractivity contribution is 6.64. The van der Waals surface area contributed by atoms with Crippen LogP contribution >= 0.6 is 23.2 Å². The molecule has 1 rings (SSSR count). The Morgan fingerprint density at radius 2 is 1.90 bits per heavy atom. The highest BCUT2D eigenvalue weighted by Crippen LogP contribution is 2.23. The van der Waals surface area contributed by atoms with Crippen molar-refractivity contribution in [3.8, 4) is 0 Å². The van der Waals surface area contributed by atoms with E-state index in [1.807, 2.05) is 20.8 Å². The molecule has 0 aliphatic rings. The molecule has 0 aliphatic carbocycles. The van der Waals surface area contributed by atoms with Crippen LogP contribution in [0.5, 0.6) is 0 Å². The number of aryl methyl sites for hydroxylation is 1. The smallest absolute Gasteiger partial charge is 0.307 e. The summed E-state index contributed by atoms with van der Waals surface area (Å²) in [6.07, 6.45) is 2.32. The molecule has 1 radical (unpaired) electrons. The molecular formula is C21H32BCl2N2O3. The van der Waals surface area contributed by atoms with E-state index >= 15 is 0 Å². The van der Waals surface area contributed by atoms with Gasteiger partial charge in [0, 0.05) is 36.6 Å². The van der Waals surface area contributed by atoms with Crippen LogP contribution in [0.2, 0.25) is 0 Å². The number of halogens is 2. The molecule has 1 aromatic carbocycles. The third kappa shape index (κ3) is 9.88. The number of carbonyl (C=O) groups excluding carboxylic acids is 2. The zero-order chi connectivity index (χ0) is 21.9. The number of hydrogen-bond donors (Lipinski definition) is 1. The van der Waals surface area contributed by atoms with Gasteiger partial charge in [-0.2, -0.15) is 0 Å². The number of nitrogens with zero attached hydrogens (tertiary/aromatic N) is 1. The fraction of sp³-hybridized carbons (Fsp3) is 0.619. The molecule has 0 bridgehead atoms. The number of carbonyl (C=O) groups is 2. The fourth-order valence-electron chi connectivity index (χ4n) is 3.13. The van der Waals surface area contributed by atoms with Crippen molar-refractivity contribution in [2.24, 2.45) is 0 Å². The van der Waals surface area contributed by atoms with Gasteiger partial charge in [-0.1, -0.05) is 13.0 Å². The molecule has 29 heavy (non-hydrogen) atoms. The summed E-state index contributed by atoms with van der Waals surface area (Å²) in [6, 6.07) is 6.07. The number of rotatable bonds is 13. The highest BCUT2D eigenvalue weighted by atomic mass is 35.5. The van der Waals surface area contributed by atoms with E-state index in [2.05, 4.69) is 35.3 Å². The molecule has 0 fully saturated rings. The minimum Gasteiger partial charge on any atom is -0.460 e. The Balaban J connectivity index is 3.06. The van der Waals surface area contributed by atoms with Crippen LogP contribution in [-0.4, -0.2) is 56.1 Å². The van der Waals surface area contributed by atoms with Gasteiger partial charge >= 0.3 is 5.97 Å². The van der Waals surface area contributed by atoms with Crippen molar-refractivity contribution in [1.29, 1.82) is 0 Å². The third-order valence-electron chi connectivity index (χ3n) is 4.34. The number of benzene rings is 1. The zero-order valence-electron chi connectivity index (χ0n) is 17.8. The van der Waals surface area contributed by atoms with E-state index in [0.717, 1.165) is 17.7 Å². The van der Waals surface area contributed by atoms with Crippen molar-refractivity contribution < 1.29 is 14.3 Å². The van der Waals surface area contributed by atoms with E-state index in [1.165, 1.54) is 13.0 Å². The Bertz CT molecular complexity index is 647. The molecule has 0 unspecified atom stereocenters. The quantitative estimate of drug-likeness (QED) is 0.219. The molecule has 0 saturated heterocycles. The minimum absolute atomic E-state index is 0.169. The van der Waals surface area contributed by atoms with Crippen LogP contribution < -0.4 is 10.1 Å². The topological polar surface area (TPSA) is 58.6 Å². The van der Waals surface area contributed by atoms with Gasteiger partial charge in [0.15, 0.2) is 0 Å². The Morgan fingerprint density at radius 1 is 1.24 bits per heavy atom. The van der Waals surface area contributed by atoms with Crippen molar-refractivity contribution in [1.82, 2.24) is 5.23 Å². The second-order valence-corrected chi connectivity index (χ2v) is 8.59. The maximum Gasteiger partial charge on any atom is 0.307 e. The van der Waals surface area contributed by atoms with Crippen LogP contribution in [0.4, 0.5) is 5.69 Å². The fourth-order valence-corrected chi connectivity index (χ4v) is 3.54.